The minimum Gasteiger partial charge on any atom is -0.494 e. The fraction of sp³-hybridized carbons (Fsp3) is 0.500. The Hall–Kier alpha value is -4.23. The maximum Gasteiger partial charge on any atom is 0.407 e. The molecule has 4 aromatic rings. The van der Waals surface area contributed by atoms with Gasteiger partial charge in [0.15, 0.2) is 5.82 Å². The highest BCUT2D eigenvalue weighted by Crippen LogP contribution is 2.41. The number of alkyl carbamates (subject to hydrolysis) is 1. The number of carbonyl (C=O) groups is 2. The van der Waals surface area contributed by atoms with Gasteiger partial charge in [-0.1, -0.05) is 37.7 Å². The van der Waals surface area contributed by atoms with Crippen LogP contribution in [-0.2, 0) is 18.3 Å². The third kappa shape index (κ3) is 6.09. The van der Waals surface area contributed by atoms with Crippen molar-refractivity contribution in [2.45, 2.75) is 90.3 Å². The van der Waals surface area contributed by atoms with Crippen molar-refractivity contribution in [1.82, 2.24) is 24.3 Å². The molecule has 3 fully saturated rings. The lowest BCUT2D eigenvalue weighted by molar-refractivity contribution is 0.0485. The number of hydrogen-bond donors (Lipinski definition) is 1. The second-order valence-electron chi connectivity index (χ2n) is 15.9. The average molecular weight is 666 g/mol. The summed E-state index contributed by atoms with van der Waals surface area (Å²) < 4.78 is 15.9. The number of methoxy groups -OCH3 is 1. The van der Waals surface area contributed by atoms with Gasteiger partial charge in [0.2, 0.25) is 0 Å². The summed E-state index contributed by atoms with van der Waals surface area (Å²) in [5.41, 5.74) is 8.35. The zero-order valence-electron chi connectivity index (χ0n) is 29.4. The number of nitrogens with zero attached hydrogens (tertiary/aromatic N) is 4. The third-order valence-corrected chi connectivity index (χ3v) is 10.7. The number of likely N-dealkylation sites (tertiary alicyclic amines) is 1. The standard InChI is InChI=1S/C38H47N5O4Si/c1-38(2,3)47-37(45)40-32-26-14-15-29(32)43(22-26)36(44)27-18-28-34(31(20-27)46-5)41(4)35(39-28)30-19-25-11-9-10-24(16-17-48(6,7)8)33(25)42(30)21-23-12-13-23/h9-11,18-20,23,26,29,32H,12-15,21-22H2,1-8H3,(H,40,45)/t26-,29-,32-/m1/s1. The van der Waals surface area contributed by atoms with Crippen molar-refractivity contribution >= 4 is 42.0 Å². The van der Waals surface area contributed by atoms with Gasteiger partial charge in [0.25, 0.3) is 5.91 Å². The molecule has 2 saturated carbocycles. The highest BCUT2D eigenvalue weighted by atomic mass is 28.3. The van der Waals surface area contributed by atoms with Crippen LogP contribution in [0, 0.1) is 23.3 Å². The average Bonchev–Trinajstić information content (AvgIpc) is 3.34. The van der Waals surface area contributed by atoms with Crippen LogP contribution in [0.3, 0.4) is 0 Å². The Morgan fingerprint density at radius 2 is 1.83 bits per heavy atom. The predicted octanol–water partition coefficient (Wildman–Crippen LogP) is 6.97. The molecule has 3 aliphatic rings. The summed E-state index contributed by atoms with van der Waals surface area (Å²) in [5.74, 6) is 5.75. The molecule has 2 bridgehead atoms. The number of rotatable bonds is 6. The third-order valence-electron chi connectivity index (χ3n) is 9.79. The van der Waals surface area contributed by atoms with Crippen LogP contribution in [0.25, 0.3) is 33.5 Å². The molecule has 9 nitrogen and oxygen atoms in total. The molecule has 3 atom stereocenters. The monoisotopic (exact) mass is 665 g/mol. The molecule has 2 amide bonds. The van der Waals surface area contributed by atoms with E-state index in [0.717, 1.165) is 47.4 Å². The van der Waals surface area contributed by atoms with Crippen LogP contribution in [0.15, 0.2) is 36.4 Å². The van der Waals surface area contributed by atoms with Crippen LogP contribution in [0.4, 0.5) is 4.79 Å². The van der Waals surface area contributed by atoms with Gasteiger partial charge in [-0.3, -0.25) is 4.79 Å². The first kappa shape index (κ1) is 32.3. The molecule has 1 aliphatic heterocycles. The van der Waals surface area contributed by atoms with Crippen molar-refractivity contribution in [1.29, 1.82) is 0 Å². The molecule has 0 spiro atoms. The SMILES string of the molecule is COc1cc(C(=O)N2C[C@H]3CC[C@@H]2[C@@H]3NC(=O)OC(C)(C)C)cc2nc(-c3cc4cccc(C#C[Si](C)(C)C)c4n3CC3CC3)n(C)c12. The summed E-state index contributed by atoms with van der Waals surface area (Å²) in [5, 5.41) is 4.22. The fourth-order valence-corrected chi connectivity index (χ4v) is 8.00. The summed E-state index contributed by atoms with van der Waals surface area (Å²) >= 11 is 0. The number of amides is 2. The van der Waals surface area contributed by atoms with Crippen molar-refractivity contribution in [2.24, 2.45) is 18.9 Å². The van der Waals surface area contributed by atoms with E-state index in [0.29, 0.717) is 29.3 Å². The highest BCUT2D eigenvalue weighted by Gasteiger charge is 2.50. The highest BCUT2D eigenvalue weighted by molar-refractivity contribution is 6.83. The number of benzene rings is 2. The van der Waals surface area contributed by atoms with Crippen molar-refractivity contribution < 1.29 is 19.1 Å². The van der Waals surface area contributed by atoms with Crippen LogP contribution in [-0.4, -0.2) is 70.4 Å². The van der Waals surface area contributed by atoms with Gasteiger partial charge in [0.05, 0.1) is 35.9 Å². The normalized spacial score (nSPS) is 20.7. The minimum absolute atomic E-state index is 0.0703. The van der Waals surface area contributed by atoms with Gasteiger partial charge < -0.3 is 28.8 Å². The summed E-state index contributed by atoms with van der Waals surface area (Å²) in [6.07, 6.45) is 3.85. The molecule has 1 saturated heterocycles. The number of piperidine rings is 1. The molecule has 3 heterocycles. The molecule has 48 heavy (non-hydrogen) atoms. The zero-order valence-corrected chi connectivity index (χ0v) is 30.4. The molecule has 1 N–H and O–H groups in total. The number of fused-ring (bicyclic) bond motifs is 4. The summed E-state index contributed by atoms with van der Waals surface area (Å²) in [6.45, 7) is 13.9. The summed E-state index contributed by atoms with van der Waals surface area (Å²) in [6, 6.07) is 12.2. The van der Waals surface area contributed by atoms with E-state index in [-0.39, 0.29) is 23.9 Å². The van der Waals surface area contributed by atoms with E-state index >= 15 is 0 Å². The first-order chi connectivity index (χ1) is 22.7. The number of para-hydroxylation sites is 1. The minimum atomic E-state index is -1.57. The van der Waals surface area contributed by atoms with Crippen LogP contribution < -0.4 is 10.1 Å². The van der Waals surface area contributed by atoms with Crippen molar-refractivity contribution in [2.75, 3.05) is 13.7 Å². The molecule has 0 unspecified atom stereocenters. The second-order valence-corrected chi connectivity index (χ2v) is 20.7. The van der Waals surface area contributed by atoms with Gasteiger partial charge in [-0.25, -0.2) is 9.78 Å². The Balaban J connectivity index is 1.25. The largest absolute Gasteiger partial charge is 0.494 e. The quantitative estimate of drug-likeness (QED) is 0.178. The van der Waals surface area contributed by atoms with E-state index in [2.05, 4.69) is 69.8 Å². The summed E-state index contributed by atoms with van der Waals surface area (Å²) in [4.78, 5) is 33.8. The van der Waals surface area contributed by atoms with E-state index in [9.17, 15) is 9.59 Å². The number of hydrogen-bond acceptors (Lipinski definition) is 5. The molecular weight excluding hydrogens is 619 g/mol. The Labute approximate surface area is 284 Å². The maximum absolute atomic E-state index is 14.1. The van der Waals surface area contributed by atoms with Crippen LogP contribution >= 0.6 is 0 Å². The van der Waals surface area contributed by atoms with Gasteiger partial charge in [-0.15, -0.1) is 5.54 Å². The lowest BCUT2D eigenvalue weighted by Gasteiger charge is -2.28. The number of nitrogens with one attached hydrogen (secondary N) is 1. The Morgan fingerprint density at radius 3 is 2.52 bits per heavy atom. The van der Waals surface area contributed by atoms with Gasteiger partial charge in [0, 0.05) is 36.7 Å². The Bertz CT molecular complexity index is 2000. The molecule has 0 radical (unpaired) electrons. The number of ether oxygens (including phenoxy) is 2. The first-order valence-electron chi connectivity index (χ1n) is 17.2. The van der Waals surface area contributed by atoms with Gasteiger partial charge >= 0.3 is 6.09 Å². The van der Waals surface area contributed by atoms with Gasteiger partial charge in [-0.2, -0.15) is 0 Å². The molecule has 2 aromatic heterocycles. The second kappa shape index (κ2) is 11.7. The number of aryl methyl sites for hydroxylation is 1. The molecule has 7 rings (SSSR count). The van der Waals surface area contributed by atoms with Crippen molar-refractivity contribution in [3.05, 3.63) is 47.5 Å². The predicted molar refractivity (Wildman–Crippen MR) is 192 cm³/mol. The van der Waals surface area contributed by atoms with E-state index in [1.165, 1.54) is 18.4 Å². The van der Waals surface area contributed by atoms with Crippen molar-refractivity contribution in [3.8, 4) is 28.7 Å². The number of aromatic nitrogens is 3. The number of carbonyl (C=O) groups excluding carboxylic acids is 2. The molecule has 2 aliphatic carbocycles. The van der Waals surface area contributed by atoms with E-state index in [1.807, 2.05) is 44.9 Å². The Kier molecular flexibility index (Phi) is 7.90. The van der Waals surface area contributed by atoms with E-state index < -0.39 is 19.8 Å². The lowest BCUT2D eigenvalue weighted by Crippen LogP contribution is -2.46. The smallest absolute Gasteiger partial charge is 0.407 e. The topological polar surface area (TPSA) is 90.6 Å². The lowest BCUT2D eigenvalue weighted by atomic mass is 10.1. The number of imidazole rings is 1. The van der Waals surface area contributed by atoms with Gasteiger partial charge in [0.1, 0.15) is 24.9 Å². The molecule has 10 heteroatoms. The first-order valence-corrected chi connectivity index (χ1v) is 20.7. The maximum atomic E-state index is 14.1. The van der Waals surface area contributed by atoms with Crippen LogP contribution in [0.2, 0.25) is 19.6 Å². The molecule has 252 valence electrons. The van der Waals surface area contributed by atoms with Crippen LogP contribution in [0.1, 0.15) is 62.4 Å². The molecular formula is C38H47N5O4Si. The summed E-state index contributed by atoms with van der Waals surface area (Å²) in [7, 11) is 2.09. The van der Waals surface area contributed by atoms with E-state index in [4.69, 9.17) is 14.5 Å². The van der Waals surface area contributed by atoms with E-state index in [1.54, 1.807) is 7.11 Å². The zero-order chi connectivity index (χ0) is 34.1. The van der Waals surface area contributed by atoms with Gasteiger partial charge in [-0.05, 0) is 82.6 Å². The van der Waals surface area contributed by atoms with Crippen LogP contribution in [0.5, 0.6) is 5.75 Å². The molecule has 2 aromatic carbocycles. The fourth-order valence-electron chi connectivity index (χ4n) is 7.49. The van der Waals surface area contributed by atoms with Crippen molar-refractivity contribution in [3.63, 3.8) is 0 Å². The Morgan fingerprint density at radius 1 is 1.06 bits per heavy atom.